The van der Waals surface area contributed by atoms with E-state index in [2.05, 4.69) is 34.7 Å². The number of unbranched alkanes of at least 4 members (excludes halogenated alkanes) is 1. The Balaban J connectivity index is 2.12. The van der Waals surface area contributed by atoms with Gasteiger partial charge in [-0.1, -0.05) is 55.3 Å². The zero-order chi connectivity index (χ0) is 18.1. The first kappa shape index (κ1) is 16.8. The Morgan fingerprint density at radius 1 is 1.08 bits per heavy atom. The SMILES string of the molecule is CCCCn1c2ccccc2c2cc(C=O)nc(-c3ccc(Cl)cc3)c21. The molecule has 0 amide bonds. The Bertz CT molecular complexity index is 1100. The van der Waals surface area contributed by atoms with Crippen molar-refractivity contribution in [2.24, 2.45) is 0 Å². The molecule has 0 spiro atoms. The zero-order valence-corrected chi connectivity index (χ0v) is 15.3. The van der Waals surface area contributed by atoms with Gasteiger partial charge in [-0.25, -0.2) is 4.98 Å². The van der Waals surface area contributed by atoms with Crippen LogP contribution in [-0.4, -0.2) is 15.8 Å². The molecule has 26 heavy (non-hydrogen) atoms. The number of aromatic nitrogens is 2. The molecule has 4 rings (SSSR count). The number of carbonyl (C=O) groups excluding carboxylic acids is 1. The fourth-order valence-corrected chi connectivity index (χ4v) is 3.64. The van der Waals surface area contributed by atoms with Gasteiger partial charge in [0.15, 0.2) is 6.29 Å². The maximum atomic E-state index is 11.5. The van der Waals surface area contributed by atoms with Crippen LogP contribution in [0.25, 0.3) is 33.1 Å². The van der Waals surface area contributed by atoms with Crippen molar-refractivity contribution in [1.82, 2.24) is 9.55 Å². The molecule has 0 radical (unpaired) electrons. The summed E-state index contributed by atoms with van der Waals surface area (Å²) in [5, 5.41) is 2.90. The molecule has 2 aromatic heterocycles. The van der Waals surface area contributed by atoms with E-state index < -0.39 is 0 Å². The van der Waals surface area contributed by atoms with E-state index in [-0.39, 0.29) is 0 Å². The van der Waals surface area contributed by atoms with Gasteiger partial charge in [0.05, 0.1) is 11.2 Å². The molecule has 0 aliphatic heterocycles. The molecule has 0 unspecified atom stereocenters. The van der Waals surface area contributed by atoms with Crippen molar-refractivity contribution in [3.63, 3.8) is 0 Å². The van der Waals surface area contributed by atoms with Crippen molar-refractivity contribution in [2.45, 2.75) is 26.3 Å². The van der Waals surface area contributed by atoms with E-state index in [9.17, 15) is 4.79 Å². The van der Waals surface area contributed by atoms with Crippen LogP contribution in [-0.2, 0) is 6.54 Å². The number of rotatable bonds is 5. The number of pyridine rings is 1. The molecular formula is C22H19ClN2O. The van der Waals surface area contributed by atoms with Crippen LogP contribution in [0.15, 0.2) is 54.6 Å². The second-order valence-corrected chi connectivity index (χ2v) is 6.88. The van der Waals surface area contributed by atoms with Crippen LogP contribution in [0.3, 0.4) is 0 Å². The lowest BCUT2D eigenvalue weighted by Crippen LogP contribution is -2.01. The monoisotopic (exact) mass is 362 g/mol. The molecule has 130 valence electrons. The molecule has 0 fully saturated rings. The summed E-state index contributed by atoms with van der Waals surface area (Å²) in [4.78, 5) is 16.2. The molecule has 0 saturated heterocycles. The third-order valence-corrected chi connectivity index (χ3v) is 4.99. The third kappa shape index (κ3) is 2.78. The van der Waals surface area contributed by atoms with E-state index in [1.807, 2.05) is 36.4 Å². The van der Waals surface area contributed by atoms with Crippen LogP contribution in [0.1, 0.15) is 30.3 Å². The first-order valence-corrected chi connectivity index (χ1v) is 9.24. The summed E-state index contributed by atoms with van der Waals surface area (Å²) in [7, 11) is 0. The number of fused-ring (bicyclic) bond motifs is 3. The smallest absolute Gasteiger partial charge is 0.168 e. The minimum atomic E-state index is 0.445. The van der Waals surface area contributed by atoms with Gasteiger partial charge in [-0.3, -0.25) is 4.79 Å². The molecular weight excluding hydrogens is 344 g/mol. The average molecular weight is 363 g/mol. The number of para-hydroxylation sites is 1. The summed E-state index contributed by atoms with van der Waals surface area (Å²) in [6, 6.07) is 17.9. The predicted octanol–water partition coefficient (Wildman–Crippen LogP) is 6.12. The molecule has 0 N–H and O–H groups in total. The number of benzene rings is 2. The molecule has 2 heterocycles. The molecule has 3 nitrogen and oxygen atoms in total. The predicted molar refractivity (Wildman–Crippen MR) is 108 cm³/mol. The Morgan fingerprint density at radius 2 is 1.85 bits per heavy atom. The number of aryl methyl sites for hydroxylation is 1. The van der Waals surface area contributed by atoms with E-state index in [1.165, 1.54) is 5.52 Å². The number of aldehydes is 1. The van der Waals surface area contributed by atoms with Gasteiger partial charge in [-0.05, 0) is 30.7 Å². The Hall–Kier alpha value is -2.65. The maximum absolute atomic E-state index is 11.5. The van der Waals surface area contributed by atoms with Crippen LogP contribution < -0.4 is 0 Å². The molecule has 0 aliphatic rings. The van der Waals surface area contributed by atoms with E-state index >= 15 is 0 Å². The van der Waals surface area contributed by atoms with Crippen molar-refractivity contribution in [3.05, 3.63) is 65.3 Å². The number of carbonyl (C=O) groups is 1. The van der Waals surface area contributed by atoms with Crippen molar-refractivity contribution in [3.8, 4) is 11.3 Å². The highest BCUT2D eigenvalue weighted by Crippen LogP contribution is 2.35. The van der Waals surface area contributed by atoms with Crippen LogP contribution in [0.2, 0.25) is 5.02 Å². The highest BCUT2D eigenvalue weighted by molar-refractivity contribution is 6.30. The minimum Gasteiger partial charge on any atom is -0.339 e. The van der Waals surface area contributed by atoms with Gasteiger partial charge in [0.2, 0.25) is 0 Å². The summed E-state index contributed by atoms with van der Waals surface area (Å²) in [6.45, 7) is 3.11. The van der Waals surface area contributed by atoms with E-state index in [4.69, 9.17) is 11.6 Å². The molecule has 0 saturated carbocycles. The highest BCUT2D eigenvalue weighted by atomic mass is 35.5. The molecule has 4 heteroatoms. The molecule has 0 bridgehead atoms. The Labute approximate surface area is 157 Å². The van der Waals surface area contributed by atoms with Gasteiger partial charge in [-0.15, -0.1) is 0 Å². The third-order valence-electron chi connectivity index (χ3n) is 4.74. The molecule has 2 aromatic carbocycles. The van der Waals surface area contributed by atoms with Gasteiger partial charge < -0.3 is 4.57 Å². The average Bonchev–Trinajstić information content (AvgIpc) is 3.00. The van der Waals surface area contributed by atoms with Crippen LogP contribution in [0.4, 0.5) is 0 Å². The van der Waals surface area contributed by atoms with Crippen LogP contribution >= 0.6 is 11.6 Å². The van der Waals surface area contributed by atoms with Crippen LogP contribution in [0.5, 0.6) is 0 Å². The summed E-state index contributed by atoms with van der Waals surface area (Å²) in [5.41, 5.74) is 4.49. The van der Waals surface area contributed by atoms with Gasteiger partial charge >= 0.3 is 0 Å². The van der Waals surface area contributed by atoms with Crippen molar-refractivity contribution in [2.75, 3.05) is 0 Å². The highest BCUT2D eigenvalue weighted by Gasteiger charge is 2.17. The van der Waals surface area contributed by atoms with Gasteiger partial charge in [-0.2, -0.15) is 0 Å². The number of hydrogen-bond donors (Lipinski definition) is 0. The van der Waals surface area contributed by atoms with E-state index in [0.29, 0.717) is 10.7 Å². The first-order valence-electron chi connectivity index (χ1n) is 8.86. The molecule has 0 aliphatic carbocycles. The first-order chi connectivity index (χ1) is 12.7. The standard InChI is InChI=1S/C22H19ClN2O/c1-2-3-12-25-20-7-5-4-6-18(20)19-13-17(14-26)24-21(22(19)25)15-8-10-16(23)11-9-15/h4-11,13-14H,2-3,12H2,1H3. The molecule has 0 atom stereocenters. The van der Waals surface area contributed by atoms with Crippen molar-refractivity contribution < 1.29 is 4.79 Å². The van der Waals surface area contributed by atoms with Gasteiger partial charge in [0.25, 0.3) is 0 Å². The largest absolute Gasteiger partial charge is 0.339 e. The van der Waals surface area contributed by atoms with Crippen LogP contribution in [0, 0.1) is 0 Å². The fraction of sp³-hybridized carbons (Fsp3) is 0.182. The van der Waals surface area contributed by atoms with Crippen molar-refractivity contribution in [1.29, 1.82) is 0 Å². The summed E-state index contributed by atoms with van der Waals surface area (Å²) in [5.74, 6) is 0. The summed E-state index contributed by atoms with van der Waals surface area (Å²) >= 11 is 6.06. The Morgan fingerprint density at radius 3 is 2.58 bits per heavy atom. The minimum absolute atomic E-state index is 0.445. The summed E-state index contributed by atoms with van der Waals surface area (Å²) < 4.78 is 2.33. The maximum Gasteiger partial charge on any atom is 0.168 e. The van der Waals surface area contributed by atoms with Gasteiger partial charge in [0.1, 0.15) is 5.69 Å². The normalized spacial score (nSPS) is 11.3. The quantitative estimate of drug-likeness (QED) is 0.401. The molecule has 4 aromatic rings. The zero-order valence-electron chi connectivity index (χ0n) is 14.6. The number of nitrogens with zero attached hydrogens (tertiary/aromatic N) is 2. The Kier molecular flexibility index (Phi) is 4.48. The number of hydrogen-bond acceptors (Lipinski definition) is 2. The lowest BCUT2D eigenvalue weighted by atomic mass is 10.1. The lowest BCUT2D eigenvalue weighted by Gasteiger charge is -2.11. The fourth-order valence-electron chi connectivity index (χ4n) is 3.51. The second kappa shape index (κ2) is 6.93. The lowest BCUT2D eigenvalue weighted by molar-refractivity contribution is 0.111. The van der Waals surface area contributed by atoms with Crippen molar-refractivity contribution >= 4 is 39.7 Å². The number of halogens is 1. The topological polar surface area (TPSA) is 34.9 Å². The van der Waals surface area contributed by atoms with E-state index in [1.54, 1.807) is 0 Å². The second-order valence-electron chi connectivity index (χ2n) is 6.44. The van der Waals surface area contributed by atoms with E-state index in [0.717, 1.165) is 53.2 Å². The summed E-state index contributed by atoms with van der Waals surface area (Å²) in [6.07, 6.45) is 3.02. The van der Waals surface area contributed by atoms with Gasteiger partial charge in [0, 0.05) is 33.4 Å².